The highest BCUT2D eigenvalue weighted by molar-refractivity contribution is 5.99. The van der Waals surface area contributed by atoms with E-state index in [9.17, 15) is 4.79 Å². The highest BCUT2D eigenvalue weighted by Crippen LogP contribution is 2.39. The molecular formula is C17H16N2O. The summed E-state index contributed by atoms with van der Waals surface area (Å²) >= 11 is 0. The molecule has 2 aliphatic heterocycles. The second-order valence-electron chi connectivity index (χ2n) is 5.56. The average Bonchev–Trinajstić information content (AvgIpc) is 2.61. The van der Waals surface area contributed by atoms with Crippen molar-refractivity contribution in [3.05, 3.63) is 71.0 Å². The van der Waals surface area contributed by atoms with E-state index in [1.807, 2.05) is 6.08 Å². The number of carbonyl (C=O) groups excluding carboxylic acids is 1. The van der Waals surface area contributed by atoms with Gasteiger partial charge < -0.3 is 10.6 Å². The predicted molar refractivity (Wildman–Crippen MR) is 78.7 cm³/mol. The van der Waals surface area contributed by atoms with Gasteiger partial charge in [-0.05, 0) is 47.1 Å². The van der Waals surface area contributed by atoms with Gasteiger partial charge in [-0.3, -0.25) is 4.79 Å². The van der Waals surface area contributed by atoms with Crippen molar-refractivity contribution in [2.24, 2.45) is 5.73 Å². The molecule has 0 bridgehead atoms. The molecule has 0 saturated carbocycles. The van der Waals surface area contributed by atoms with Crippen molar-refractivity contribution in [3.8, 4) is 0 Å². The fourth-order valence-corrected chi connectivity index (χ4v) is 3.39. The third-order valence-electron chi connectivity index (χ3n) is 4.36. The molecule has 20 heavy (non-hydrogen) atoms. The normalized spacial score (nSPS) is 30.6. The summed E-state index contributed by atoms with van der Waals surface area (Å²) < 4.78 is 0. The molecule has 2 unspecified atom stereocenters. The molecule has 0 aromatic carbocycles. The van der Waals surface area contributed by atoms with E-state index in [0.29, 0.717) is 0 Å². The average molecular weight is 264 g/mol. The van der Waals surface area contributed by atoms with Crippen molar-refractivity contribution >= 4 is 5.78 Å². The number of carbonyl (C=O) groups is 1. The van der Waals surface area contributed by atoms with Crippen LogP contribution in [0.2, 0.25) is 0 Å². The van der Waals surface area contributed by atoms with Gasteiger partial charge >= 0.3 is 0 Å². The summed E-state index contributed by atoms with van der Waals surface area (Å²) in [6.45, 7) is 0.926. The second-order valence-corrected chi connectivity index (χ2v) is 5.56. The van der Waals surface area contributed by atoms with E-state index in [1.165, 1.54) is 11.1 Å². The Labute approximate surface area is 118 Å². The Morgan fingerprint density at radius 2 is 2.15 bits per heavy atom. The molecule has 0 amide bonds. The Kier molecular flexibility index (Phi) is 2.44. The Balaban J connectivity index is 1.88. The second kappa shape index (κ2) is 4.18. The van der Waals surface area contributed by atoms with Crippen molar-refractivity contribution in [1.82, 2.24) is 4.90 Å². The van der Waals surface area contributed by atoms with Crippen molar-refractivity contribution in [1.29, 1.82) is 0 Å². The lowest BCUT2D eigenvalue weighted by atomic mass is 9.81. The van der Waals surface area contributed by atoms with Crippen LogP contribution in [0.15, 0.2) is 71.0 Å². The third kappa shape index (κ3) is 1.60. The van der Waals surface area contributed by atoms with E-state index in [4.69, 9.17) is 5.73 Å². The minimum Gasteiger partial charge on any atom is -0.366 e. The number of hydrogen-bond acceptors (Lipinski definition) is 3. The summed E-state index contributed by atoms with van der Waals surface area (Å²) in [5, 5.41) is 0. The molecule has 0 aromatic rings. The number of ketones is 1. The van der Waals surface area contributed by atoms with Crippen LogP contribution < -0.4 is 5.73 Å². The minimum atomic E-state index is -0.501. The smallest absolute Gasteiger partial charge is 0.176 e. The van der Waals surface area contributed by atoms with E-state index in [-0.39, 0.29) is 11.8 Å². The van der Waals surface area contributed by atoms with Gasteiger partial charge in [0.2, 0.25) is 0 Å². The molecule has 2 N–H and O–H groups in total. The molecule has 4 rings (SSSR count). The Hall–Kier alpha value is -2.13. The van der Waals surface area contributed by atoms with Gasteiger partial charge in [-0.15, -0.1) is 0 Å². The van der Waals surface area contributed by atoms with Gasteiger partial charge in [0.25, 0.3) is 0 Å². The summed E-state index contributed by atoms with van der Waals surface area (Å²) in [7, 11) is 0. The third-order valence-corrected chi connectivity index (χ3v) is 4.36. The standard InChI is InChI=1S/C17H16N2O/c18-15-10-14-12(9-16(15)20)6-8-19-7-2-4-11-3-1-5-13(14)17(11)19/h1-5,7,9-10,15,17H,6,8,18H2. The van der Waals surface area contributed by atoms with Crippen LogP contribution in [0.5, 0.6) is 0 Å². The van der Waals surface area contributed by atoms with Gasteiger partial charge in [-0.2, -0.15) is 0 Å². The van der Waals surface area contributed by atoms with Crippen LogP contribution in [0, 0.1) is 0 Å². The molecule has 2 atom stereocenters. The van der Waals surface area contributed by atoms with Crippen molar-refractivity contribution in [3.63, 3.8) is 0 Å². The molecule has 0 radical (unpaired) electrons. The summed E-state index contributed by atoms with van der Waals surface area (Å²) in [6.07, 6.45) is 17.3. The van der Waals surface area contributed by atoms with Crippen LogP contribution >= 0.6 is 0 Å². The van der Waals surface area contributed by atoms with Crippen LogP contribution in [-0.4, -0.2) is 29.3 Å². The zero-order valence-corrected chi connectivity index (χ0v) is 11.1. The quantitative estimate of drug-likeness (QED) is 0.725. The molecule has 0 spiro atoms. The van der Waals surface area contributed by atoms with Gasteiger partial charge in [-0.25, -0.2) is 0 Å². The van der Waals surface area contributed by atoms with Crippen LogP contribution in [0.4, 0.5) is 0 Å². The maximum absolute atomic E-state index is 11.8. The lowest BCUT2D eigenvalue weighted by Gasteiger charge is -2.35. The highest BCUT2D eigenvalue weighted by Gasteiger charge is 2.34. The minimum absolute atomic E-state index is 0.0156. The number of rotatable bonds is 0. The predicted octanol–water partition coefficient (Wildman–Crippen LogP) is 1.77. The van der Waals surface area contributed by atoms with Crippen molar-refractivity contribution < 1.29 is 4.79 Å². The first-order valence-corrected chi connectivity index (χ1v) is 6.99. The van der Waals surface area contributed by atoms with Crippen LogP contribution in [0.1, 0.15) is 6.42 Å². The molecule has 2 aliphatic carbocycles. The summed E-state index contributed by atoms with van der Waals surface area (Å²) in [4.78, 5) is 14.2. The van der Waals surface area contributed by atoms with Gasteiger partial charge in [0, 0.05) is 6.54 Å². The van der Waals surface area contributed by atoms with Gasteiger partial charge in [0.15, 0.2) is 5.78 Å². The Morgan fingerprint density at radius 1 is 1.25 bits per heavy atom. The molecule has 0 aromatic heterocycles. The first-order chi connectivity index (χ1) is 9.74. The molecule has 1 saturated heterocycles. The first kappa shape index (κ1) is 11.7. The molecule has 100 valence electrons. The fourth-order valence-electron chi connectivity index (χ4n) is 3.39. The summed E-state index contributed by atoms with van der Waals surface area (Å²) in [5.74, 6) is 0.0156. The molecular weight excluding hydrogens is 248 g/mol. The maximum Gasteiger partial charge on any atom is 0.176 e. The van der Waals surface area contributed by atoms with E-state index < -0.39 is 6.04 Å². The summed E-state index contributed by atoms with van der Waals surface area (Å²) in [5.41, 5.74) is 10.8. The first-order valence-electron chi connectivity index (χ1n) is 6.99. The fraction of sp³-hybridized carbons (Fsp3) is 0.235. The Bertz CT molecular complexity index is 673. The number of fused-ring (bicyclic) bond motifs is 2. The zero-order valence-electron chi connectivity index (χ0n) is 11.1. The van der Waals surface area contributed by atoms with Crippen LogP contribution in [-0.2, 0) is 4.79 Å². The number of nitrogens with zero attached hydrogens (tertiary/aromatic N) is 1. The van der Waals surface area contributed by atoms with Crippen molar-refractivity contribution in [2.45, 2.75) is 18.5 Å². The van der Waals surface area contributed by atoms with E-state index >= 15 is 0 Å². The SMILES string of the molecule is NC1C=C2C(=CC1=O)CCN1C=CC=C3C=CC=C2C31. The van der Waals surface area contributed by atoms with E-state index in [2.05, 4.69) is 41.5 Å². The molecule has 2 heterocycles. The van der Waals surface area contributed by atoms with Gasteiger partial charge in [-0.1, -0.05) is 30.4 Å². The zero-order chi connectivity index (χ0) is 13.7. The molecule has 3 heteroatoms. The number of nitrogens with two attached hydrogens (primary N) is 1. The number of hydrogen-bond donors (Lipinski definition) is 1. The van der Waals surface area contributed by atoms with E-state index in [0.717, 1.165) is 24.1 Å². The lowest BCUT2D eigenvalue weighted by Crippen LogP contribution is -2.36. The molecule has 4 aliphatic rings. The van der Waals surface area contributed by atoms with Gasteiger partial charge in [0.1, 0.15) is 0 Å². The van der Waals surface area contributed by atoms with Crippen LogP contribution in [0.3, 0.4) is 0 Å². The lowest BCUT2D eigenvalue weighted by molar-refractivity contribution is -0.115. The monoisotopic (exact) mass is 264 g/mol. The maximum atomic E-state index is 11.8. The summed E-state index contributed by atoms with van der Waals surface area (Å²) in [6, 6.07) is -0.235. The van der Waals surface area contributed by atoms with Crippen molar-refractivity contribution in [2.75, 3.05) is 6.54 Å². The Morgan fingerprint density at radius 3 is 3.05 bits per heavy atom. The number of allylic oxidation sites excluding steroid dienone is 4. The largest absolute Gasteiger partial charge is 0.366 e. The van der Waals surface area contributed by atoms with Crippen LogP contribution in [0.25, 0.3) is 0 Å². The van der Waals surface area contributed by atoms with Gasteiger partial charge in [0.05, 0.1) is 12.1 Å². The topological polar surface area (TPSA) is 46.3 Å². The molecule has 1 fully saturated rings. The molecule has 3 nitrogen and oxygen atoms in total. The van der Waals surface area contributed by atoms with E-state index in [1.54, 1.807) is 6.08 Å². The highest BCUT2D eigenvalue weighted by atomic mass is 16.1.